The lowest BCUT2D eigenvalue weighted by atomic mass is 9.99. The zero-order chi connectivity index (χ0) is 18.6. The molecule has 26 heavy (non-hydrogen) atoms. The number of hydrogen-bond donors (Lipinski definition) is 1. The van der Waals surface area contributed by atoms with Gasteiger partial charge in [0.2, 0.25) is 0 Å². The minimum absolute atomic E-state index is 0.0303. The van der Waals surface area contributed by atoms with E-state index in [1.807, 2.05) is 4.90 Å². The number of nitrogens with zero attached hydrogens (tertiary/aromatic N) is 1. The average Bonchev–Trinajstić information content (AvgIpc) is 2.68. The summed E-state index contributed by atoms with van der Waals surface area (Å²) in [7, 11) is -3.67. The van der Waals surface area contributed by atoms with E-state index in [0.29, 0.717) is 11.3 Å². The van der Waals surface area contributed by atoms with Crippen molar-refractivity contribution in [2.24, 2.45) is 0 Å². The van der Waals surface area contributed by atoms with Gasteiger partial charge in [-0.2, -0.15) is 0 Å². The van der Waals surface area contributed by atoms with Crippen molar-refractivity contribution in [3.05, 3.63) is 60.2 Å². The van der Waals surface area contributed by atoms with Crippen LogP contribution in [0.25, 0.3) is 0 Å². The highest BCUT2D eigenvalue weighted by Gasteiger charge is 2.26. The van der Waals surface area contributed by atoms with E-state index in [4.69, 9.17) is 0 Å². The van der Waals surface area contributed by atoms with Crippen LogP contribution in [-0.4, -0.2) is 31.8 Å². The number of sulfonamides is 1. The maximum absolute atomic E-state index is 12.9. The molecule has 0 bridgehead atoms. The summed E-state index contributed by atoms with van der Waals surface area (Å²) in [6, 6.07) is 15.2. The molecular formula is C20H24N2O3S. The highest BCUT2D eigenvalue weighted by atomic mass is 32.2. The summed E-state index contributed by atoms with van der Waals surface area (Å²) < 4.78 is 27.5. The molecule has 6 heteroatoms. The highest BCUT2D eigenvalue weighted by Crippen LogP contribution is 2.23. The van der Waals surface area contributed by atoms with Crippen molar-refractivity contribution in [2.75, 3.05) is 11.3 Å². The summed E-state index contributed by atoms with van der Waals surface area (Å²) in [5.74, 6) is -0.0303. The standard InChI is InChI=1S/C20H24N2O3S/c1-2-18-11-6-7-14-22(18)20(23)16-9-8-10-17(15-16)21-26(24,25)19-12-4-3-5-13-19/h3-5,8-10,12-13,15,18,21H,2,6-7,11,14H2,1H3. The van der Waals surface area contributed by atoms with Crippen molar-refractivity contribution in [3.8, 4) is 0 Å². The molecule has 1 amide bonds. The van der Waals surface area contributed by atoms with Crippen LogP contribution in [0.1, 0.15) is 43.0 Å². The lowest BCUT2D eigenvalue weighted by Crippen LogP contribution is -2.43. The van der Waals surface area contributed by atoms with Gasteiger partial charge in [-0.05, 0) is 56.0 Å². The topological polar surface area (TPSA) is 66.5 Å². The highest BCUT2D eigenvalue weighted by molar-refractivity contribution is 7.92. The van der Waals surface area contributed by atoms with Crippen LogP contribution in [0.15, 0.2) is 59.5 Å². The third-order valence-corrected chi connectivity index (χ3v) is 6.17. The molecule has 1 atom stereocenters. The van der Waals surface area contributed by atoms with Crippen molar-refractivity contribution >= 4 is 21.6 Å². The number of piperidine rings is 1. The van der Waals surface area contributed by atoms with Gasteiger partial charge in [0.25, 0.3) is 15.9 Å². The van der Waals surface area contributed by atoms with Gasteiger partial charge in [0.15, 0.2) is 0 Å². The van der Waals surface area contributed by atoms with Gasteiger partial charge in [-0.25, -0.2) is 8.42 Å². The molecule has 0 radical (unpaired) electrons. The fraction of sp³-hybridized carbons (Fsp3) is 0.350. The Labute approximate surface area is 155 Å². The quantitative estimate of drug-likeness (QED) is 0.866. The van der Waals surface area contributed by atoms with Crippen molar-refractivity contribution in [1.29, 1.82) is 0 Å². The van der Waals surface area contributed by atoms with E-state index in [1.165, 1.54) is 12.1 Å². The Morgan fingerprint density at radius 3 is 2.62 bits per heavy atom. The Morgan fingerprint density at radius 2 is 1.88 bits per heavy atom. The fourth-order valence-corrected chi connectivity index (χ4v) is 4.46. The van der Waals surface area contributed by atoms with Gasteiger partial charge in [-0.1, -0.05) is 31.2 Å². The number of nitrogens with one attached hydrogen (secondary N) is 1. The van der Waals surface area contributed by atoms with E-state index >= 15 is 0 Å². The molecule has 0 aliphatic carbocycles. The van der Waals surface area contributed by atoms with E-state index in [1.54, 1.807) is 42.5 Å². The van der Waals surface area contributed by atoms with E-state index in [9.17, 15) is 13.2 Å². The molecule has 0 spiro atoms. The van der Waals surface area contributed by atoms with E-state index < -0.39 is 10.0 Å². The molecule has 1 fully saturated rings. The summed E-state index contributed by atoms with van der Waals surface area (Å²) >= 11 is 0. The first-order chi connectivity index (χ1) is 12.5. The summed E-state index contributed by atoms with van der Waals surface area (Å²) in [4.78, 5) is 15.0. The number of rotatable bonds is 5. The molecule has 1 unspecified atom stereocenters. The van der Waals surface area contributed by atoms with Gasteiger partial charge in [0, 0.05) is 23.8 Å². The third-order valence-electron chi connectivity index (χ3n) is 4.77. The Bertz CT molecular complexity index is 866. The second kappa shape index (κ2) is 7.91. The SMILES string of the molecule is CCC1CCCCN1C(=O)c1cccc(NS(=O)(=O)c2ccccc2)c1. The number of carbonyl (C=O) groups is 1. The second-order valence-corrected chi connectivity index (χ2v) is 8.24. The Hall–Kier alpha value is -2.34. The minimum Gasteiger partial charge on any atom is -0.336 e. The van der Waals surface area contributed by atoms with Crippen LogP contribution in [-0.2, 0) is 10.0 Å². The Kier molecular flexibility index (Phi) is 5.61. The maximum Gasteiger partial charge on any atom is 0.261 e. The van der Waals surface area contributed by atoms with Gasteiger partial charge in [-0.15, -0.1) is 0 Å². The first kappa shape index (κ1) is 18.5. The lowest BCUT2D eigenvalue weighted by Gasteiger charge is -2.35. The van der Waals surface area contributed by atoms with Crippen LogP contribution in [0.5, 0.6) is 0 Å². The van der Waals surface area contributed by atoms with Gasteiger partial charge in [0.1, 0.15) is 0 Å². The molecule has 0 aromatic heterocycles. The fourth-order valence-electron chi connectivity index (χ4n) is 3.39. The van der Waals surface area contributed by atoms with Gasteiger partial charge < -0.3 is 4.90 Å². The number of anilines is 1. The molecule has 2 aromatic carbocycles. The van der Waals surface area contributed by atoms with Crippen LogP contribution in [0.4, 0.5) is 5.69 Å². The molecule has 1 saturated heterocycles. The molecule has 1 aliphatic heterocycles. The molecule has 5 nitrogen and oxygen atoms in total. The van der Waals surface area contributed by atoms with Crippen LogP contribution in [0, 0.1) is 0 Å². The van der Waals surface area contributed by atoms with Crippen LogP contribution in [0.3, 0.4) is 0 Å². The predicted molar refractivity (Wildman–Crippen MR) is 103 cm³/mol. The summed E-state index contributed by atoms with van der Waals surface area (Å²) in [6.07, 6.45) is 4.14. The van der Waals surface area contributed by atoms with E-state index in [0.717, 1.165) is 32.2 Å². The molecule has 138 valence electrons. The first-order valence-corrected chi connectivity index (χ1v) is 10.5. The minimum atomic E-state index is -3.67. The van der Waals surface area contributed by atoms with Crippen molar-refractivity contribution < 1.29 is 13.2 Å². The first-order valence-electron chi connectivity index (χ1n) is 9.00. The summed E-state index contributed by atoms with van der Waals surface area (Å²) in [5.41, 5.74) is 0.906. The van der Waals surface area contributed by atoms with Crippen LogP contribution in [0.2, 0.25) is 0 Å². The van der Waals surface area contributed by atoms with E-state index in [2.05, 4.69) is 11.6 Å². The monoisotopic (exact) mass is 372 g/mol. The molecule has 1 heterocycles. The number of benzene rings is 2. The molecule has 2 aromatic rings. The van der Waals surface area contributed by atoms with Crippen molar-refractivity contribution in [1.82, 2.24) is 4.90 Å². The largest absolute Gasteiger partial charge is 0.336 e. The normalized spacial score (nSPS) is 17.7. The second-order valence-electron chi connectivity index (χ2n) is 6.56. The Balaban J connectivity index is 1.81. The zero-order valence-corrected chi connectivity index (χ0v) is 15.7. The Morgan fingerprint density at radius 1 is 1.12 bits per heavy atom. The van der Waals surface area contributed by atoms with Gasteiger partial charge in [-0.3, -0.25) is 9.52 Å². The van der Waals surface area contributed by atoms with Crippen molar-refractivity contribution in [3.63, 3.8) is 0 Å². The van der Waals surface area contributed by atoms with Gasteiger partial charge >= 0.3 is 0 Å². The lowest BCUT2D eigenvalue weighted by molar-refractivity contribution is 0.0608. The average molecular weight is 372 g/mol. The number of amides is 1. The predicted octanol–water partition coefficient (Wildman–Crippen LogP) is 3.89. The molecule has 1 aliphatic rings. The summed E-state index contributed by atoms with van der Waals surface area (Å²) in [5, 5.41) is 0. The number of hydrogen-bond acceptors (Lipinski definition) is 3. The number of likely N-dealkylation sites (tertiary alicyclic amines) is 1. The van der Waals surface area contributed by atoms with Crippen LogP contribution >= 0.6 is 0 Å². The maximum atomic E-state index is 12.9. The molecule has 1 N–H and O–H groups in total. The van der Waals surface area contributed by atoms with Crippen molar-refractivity contribution in [2.45, 2.75) is 43.5 Å². The molecule has 3 rings (SSSR count). The van der Waals surface area contributed by atoms with E-state index in [-0.39, 0.29) is 16.8 Å². The molecular weight excluding hydrogens is 348 g/mol. The molecule has 0 saturated carbocycles. The van der Waals surface area contributed by atoms with Gasteiger partial charge in [0.05, 0.1) is 4.90 Å². The third kappa shape index (κ3) is 4.07. The van der Waals surface area contributed by atoms with Crippen LogP contribution < -0.4 is 4.72 Å². The zero-order valence-electron chi connectivity index (χ0n) is 14.9. The number of carbonyl (C=O) groups excluding carboxylic acids is 1. The summed E-state index contributed by atoms with van der Waals surface area (Å²) in [6.45, 7) is 2.86. The smallest absolute Gasteiger partial charge is 0.261 e.